The van der Waals surface area contributed by atoms with Gasteiger partial charge >= 0.3 is 12.1 Å². The number of pyridine rings is 2. The number of nitrogens with one attached hydrogen (secondary N) is 4. The van der Waals surface area contributed by atoms with Gasteiger partial charge in [-0.2, -0.15) is 0 Å². The van der Waals surface area contributed by atoms with Gasteiger partial charge in [0.1, 0.15) is 23.2 Å². The van der Waals surface area contributed by atoms with Gasteiger partial charge in [-0.3, -0.25) is 24.9 Å². The van der Waals surface area contributed by atoms with E-state index in [1.807, 2.05) is 6.92 Å². The third-order valence-corrected chi connectivity index (χ3v) is 6.81. The molecule has 0 spiro atoms. The molecular formula is C32H30N8O5. The smallest absolute Gasteiger partial charge is 0.420 e. The fraction of sp³-hybridized carbons (Fsp3) is 0.156. The second kappa shape index (κ2) is 13.9. The highest BCUT2D eigenvalue weighted by Gasteiger charge is 2.22. The van der Waals surface area contributed by atoms with E-state index in [-0.39, 0.29) is 18.8 Å². The number of fused-ring (bicyclic) bond motifs is 1. The number of aromatic nitrogens is 4. The van der Waals surface area contributed by atoms with Crippen molar-refractivity contribution < 1.29 is 23.9 Å². The Labute approximate surface area is 258 Å². The van der Waals surface area contributed by atoms with Gasteiger partial charge in [-0.1, -0.05) is 6.07 Å². The van der Waals surface area contributed by atoms with Crippen molar-refractivity contribution in [3.63, 3.8) is 0 Å². The molecule has 45 heavy (non-hydrogen) atoms. The summed E-state index contributed by atoms with van der Waals surface area (Å²) in [4.78, 5) is 54.6. The van der Waals surface area contributed by atoms with E-state index < -0.39 is 18.0 Å². The van der Waals surface area contributed by atoms with Crippen molar-refractivity contribution in [1.29, 1.82) is 5.41 Å². The number of hydrogen-bond acceptors (Lipinski definition) is 10. The topological polar surface area (TPSA) is 175 Å². The molecule has 0 fully saturated rings. The summed E-state index contributed by atoms with van der Waals surface area (Å²) in [5.74, 6) is 0.442. The zero-order chi connectivity index (χ0) is 31.8. The van der Waals surface area contributed by atoms with Crippen LogP contribution in [0.5, 0.6) is 5.75 Å². The van der Waals surface area contributed by atoms with Crippen molar-refractivity contribution in [2.75, 3.05) is 23.9 Å². The van der Waals surface area contributed by atoms with Crippen LogP contribution in [0.1, 0.15) is 33.7 Å². The van der Waals surface area contributed by atoms with Gasteiger partial charge < -0.3 is 25.1 Å². The van der Waals surface area contributed by atoms with Gasteiger partial charge in [0.25, 0.3) is 5.91 Å². The number of hydrogen-bond donors (Lipinski definition) is 4. The van der Waals surface area contributed by atoms with E-state index in [0.29, 0.717) is 46.1 Å². The molecule has 3 aromatic heterocycles. The molecule has 0 aliphatic rings. The van der Waals surface area contributed by atoms with Gasteiger partial charge in [-0.25, -0.2) is 14.8 Å². The number of esters is 1. The number of benzene rings is 2. The molecule has 2 amide bonds. The lowest BCUT2D eigenvalue weighted by molar-refractivity contribution is -0.140. The highest BCUT2D eigenvalue weighted by atomic mass is 16.6. The summed E-state index contributed by atoms with van der Waals surface area (Å²) in [7, 11) is 1.29. The summed E-state index contributed by atoms with van der Waals surface area (Å²) in [6, 6.07) is 18.9. The Kier molecular flexibility index (Phi) is 9.38. The van der Waals surface area contributed by atoms with Crippen molar-refractivity contribution >= 4 is 46.3 Å². The average molecular weight is 607 g/mol. The lowest BCUT2D eigenvalue weighted by Crippen LogP contribution is -2.36. The fourth-order valence-electron chi connectivity index (χ4n) is 4.40. The number of carbonyl (C=O) groups excluding carboxylic acids is 3. The summed E-state index contributed by atoms with van der Waals surface area (Å²) in [5.41, 5.74) is 3.78. The summed E-state index contributed by atoms with van der Waals surface area (Å²) in [5, 5.41) is 14.1. The molecule has 0 bridgehead atoms. The van der Waals surface area contributed by atoms with Crippen LogP contribution in [0.4, 0.5) is 16.3 Å². The third-order valence-electron chi connectivity index (χ3n) is 6.81. The highest BCUT2D eigenvalue weighted by Crippen LogP contribution is 2.27. The van der Waals surface area contributed by atoms with Crippen LogP contribution in [-0.4, -0.2) is 57.4 Å². The summed E-state index contributed by atoms with van der Waals surface area (Å²) >= 11 is 0. The van der Waals surface area contributed by atoms with E-state index in [1.54, 1.807) is 79.1 Å². The van der Waals surface area contributed by atoms with Gasteiger partial charge in [-0.05, 0) is 67.6 Å². The fourth-order valence-corrected chi connectivity index (χ4v) is 4.40. The molecule has 0 radical (unpaired) electrons. The molecule has 13 nitrogen and oxygen atoms in total. The molecule has 4 N–H and O–H groups in total. The molecule has 0 saturated carbocycles. The molecule has 13 heteroatoms. The summed E-state index contributed by atoms with van der Waals surface area (Å²) < 4.78 is 10.4. The van der Waals surface area contributed by atoms with Crippen molar-refractivity contribution in [2.24, 2.45) is 0 Å². The lowest BCUT2D eigenvalue weighted by Gasteiger charge is -2.21. The van der Waals surface area contributed by atoms with E-state index in [2.05, 4.69) is 25.6 Å². The number of methoxy groups -OCH3 is 1. The molecule has 0 aliphatic heterocycles. The molecule has 5 rings (SSSR count). The first-order chi connectivity index (χ1) is 21.8. The number of imidazole rings is 1. The van der Waals surface area contributed by atoms with Crippen molar-refractivity contribution in [1.82, 2.24) is 25.3 Å². The Morgan fingerprint density at radius 1 is 0.978 bits per heavy atom. The van der Waals surface area contributed by atoms with Crippen molar-refractivity contribution in [2.45, 2.75) is 19.9 Å². The Balaban J connectivity index is 1.22. The monoisotopic (exact) mass is 606 g/mol. The maximum absolute atomic E-state index is 13.2. The maximum Gasteiger partial charge on any atom is 0.420 e. The Hall–Kier alpha value is -6.11. The number of carbonyl (C=O) groups is 3. The van der Waals surface area contributed by atoms with Gasteiger partial charge in [0, 0.05) is 41.9 Å². The molecule has 2 aromatic carbocycles. The molecular weight excluding hydrogens is 576 g/mol. The van der Waals surface area contributed by atoms with Gasteiger partial charge in [-0.15, -0.1) is 0 Å². The standard InChI is InChI=1S/C32H30N8O5/c1-20-25(45-32(43)40(17-14-28(41)44-2)27-7-3-4-16-35-27)13-12-24-29(20)38-26(37-24)19-36-23-10-8-21(9-11-23)30(33)39-31(42)22-6-5-15-34-18-22/h3-13,15-16,18,36H,14,17,19H2,1-2H3,(H,37,38)(H2,33,39,42). The Morgan fingerprint density at radius 2 is 1.80 bits per heavy atom. The van der Waals surface area contributed by atoms with Crippen LogP contribution >= 0.6 is 0 Å². The molecule has 0 aliphatic carbocycles. The lowest BCUT2D eigenvalue weighted by atomic mass is 10.1. The van der Waals surface area contributed by atoms with E-state index >= 15 is 0 Å². The number of anilines is 2. The predicted octanol–water partition coefficient (Wildman–Crippen LogP) is 4.60. The number of amidine groups is 1. The van der Waals surface area contributed by atoms with Crippen LogP contribution in [0.2, 0.25) is 0 Å². The van der Waals surface area contributed by atoms with E-state index in [0.717, 1.165) is 11.2 Å². The van der Waals surface area contributed by atoms with Crippen LogP contribution in [0.15, 0.2) is 85.3 Å². The van der Waals surface area contributed by atoms with Crippen LogP contribution in [0.3, 0.4) is 0 Å². The first-order valence-electron chi connectivity index (χ1n) is 13.9. The molecule has 3 heterocycles. The summed E-state index contributed by atoms with van der Waals surface area (Å²) in [6.45, 7) is 2.21. The third kappa shape index (κ3) is 7.46. The quantitative estimate of drug-likeness (QED) is 0.101. The molecule has 228 valence electrons. The van der Waals surface area contributed by atoms with Crippen molar-refractivity contribution in [3.8, 4) is 5.75 Å². The minimum absolute atomic E-state index is 0.0220. The number of nitrogens with zero attached hydrogens (tertiary/aromatic N) is 4. The SMILES string of the molecule is COC(=O)CCN(C(=O)Oc1ccc2[nH]c(CNc3ccc(C(=N)NC(=O)c4cccnc4)cc3)nc2c1C)c1ccccn1. The van der Waals surface area contributed by atoms with E-state index in [1.165, 1.54) is 18.2 Å². The largest absolute Gasteiger partial charge is 0.469 e. The van der Waals surface area contributed by atoms with Crippen LogP contribution in [-0.2, 0) is 16.1 Å². The van der Waals surface area contributed by atoms with Gasteiger partial charge in [0.05, 0.1) is 36.7 Å². The second-order valence-corrected chi connectivity index (χ2v) is 9.80. The first-order valence-corrected chi connectivity index (χ1v) is 13.9. The minimum atomic E-state index is -0.689. The number of aromatic amines is 1. The molecule has 5 aromatic rings. The van der Waals surface area contributed by atoms with E-state index in [4.69, 9.17) is 19.9 Å². The maximum atomic E-state index is 13.2. The zero-order valence-corrected chi connectivity index (χ0v) is 24.5. The number of rotatable bonds is 10. The Bertz CT molecular complexity index is 1830. The Morgan fingerprint density at radius 3 is 2.51 bits per heavy atom. The van der Waals surface area contributed by atoms with Crippen LogP contribution in [0, 0.1) is 12.3 Å². The van der Waals surface area contributed by atoms with Crippen molar-refractivity contribution in [3.05, 3.63) is 108 Å². The highest BCUT2D eigenvalue weighted by molar-refractivity contribution is 6.11. The normalized spacial score (nSPS) is 10.6. The molecule has 0 saturated heterocycles. The number of aryl methyl sites for hydroxylation is 1. The molecule has 0 unspecified atom stereocenters. The minimum Gasteiger partial charge on any atom is -0.469 e. The van der Waals surface area contributed by atoms with Crippen LogP contribution < -0.4 is 20.3 Å². The first kappa shape index (κ1) is 30.4. The number of ether oxygens (including phenoxy) is 2. The van der Waals surface area contributed by atoms with Crippen LogP contribution in [0.25, 0.3) is 11.0 Å². The van der Waals surface area contributed by atoms with Gasteiger partial charge in [0.2, 0.25) is 0 Å². The number of H-pyrrole nitrogens is 1. The number of amides is 2. The van der Waals surface area contributed by atoms with E-state index in [9.17, 15) is 14.4 Å². The summed E-state index contributed by atoms with van der Waals surface area (Å²) in [6.07, 6.45) is 3.85. The average Bonchev–Trinajstić information content (AvgIpc) is 3.50. The zero-order valence-electron chi connectivity index (χ0n) is 24.5. The second-order valence-electron chi connectivity index (χ2n) is 9.80. The predicted molar refractivity (Wildman–Crippen MR) is 167 cm³/mol. The van der Waals surface area contributed by atoms with Gasteiger partial charge in [0.15, 0.2) is 0 Å². The molecule has 0 atom stereocenters.